The van der Waals surface area contributed by atoms with Crippen molar-refractivity contribution in [3.8, 4) is 0 Å². The summed E-state index contributed by atoms with van der Waals surface area (Å²) in [5.41, 5.74) is -0.408. The largest absolute Gasteiger partial charge is 0.393 e. The van der Waals surface area contributed by atoms with Gasteiger partial charge in [0.25, 0.3) is 0 Å². The molecule has 0 aromatic heterocycles. The van der Waals surface area contributed by atoms with Crippen LogP contribution in [0.5, 0.6) is 0 Å². The van der Waals surface area contributed by atoms with Crippen molar-refractivity contribution in [2.24, 2.45) is 0 Å². The number of benzene rings is 1. The van der Waals surface area contributed by atoms with E-state index in [-0.39, 0.29) is 6.61 Å². The van der Waals surface area contributed by atoms with Gasteiger partial charge in [-0.25, -0.2) is 4.39 Å². The molecule has 3 heteroatoms. The highest BCUT2D eigenvalue weighted by atomic mass is 19.1. The van der Waals surface area contributed by atoms with E-state index in [1.165, 1.54) is 0 Å². The number of halogens is 1. The molecule has 1 N–H and O–H groups in total. The number of alkyl halides is 1. The maximum Gasteiger partial charge on any atom is 0.147 e. The zero-order valence-electron chi connectivity index (χ0n) is 7.82. The van der Waals surface area contributed by atoms with E-state index in [9.17, 15) is 9.50 Å². The lowest BCUT2D eigenvalue weighted by Crippen LogP contribution is -2.37. The van der Waals surface area contributed by atoms with Crippen LogP contribution in [-0.2, 0) is 10.3 Å². The Morgan fingerprint density at radius 2 is 2.14 bits per heavy atom. The molecule has 1 aromatic carbocycles. The Hall–Kier alpha value is -0.930. The smallest absolute Gasteiger partial charge is 0.147 e. The Bertz CT molecular complexity index is 301. The van der Waals surface area contributed by atoms with E-state index < -0.39 is 11.8 Å². The van der Waals surface area contributed by atoms with E-state index in [2.05, 4.69) is 0 Å². The van der Waals surface area contributed by atoms with Crippen LogP contribution in [0.2, 0.25) is 0 Å². The summed E-state index contributed by atoms with van der Waals surface area (Å²) >= 11 is 0. The molecule has 76 valence electrons. The van der Waals surface area contributed by atoms with Crippen LogP contribution in [0, 0.1) is 0 Å². The zero-order chi connectivity index (χ0) is 10.0. The van der Waals surface area contributed by atoms with E-state index in [0.29, 0.717) is 18.6 Å². The molecule has 1 fully saturated rings. The van der Waals surface area contributed by atoms with Gasteiger partial charge in [-0.3, -0.25) is 0 Å². The molecule has 0 bridgehead atoms. The zero-order valence-corrected chi connectivity index (χ0v) is 7.82. The average molecular weight is 196 g/mol. The van der Waals surface area contributed by atoms with Crippen molar-refractivity contribution in [1.29, 1.82) is 0 Å². The molecule has 1 heterocycles. The SMILES string of the molecule is OC[C@@]1(c2ccccc2)OCC[C@H]1F. The molecule has 0 saturated carbocycles. The number of aliphatic hydroxyl groups is 1. The lowest BCUT2D eigenvalue weighted by molar-refractivity contribution is -0.0743. The van der Waals surface area contributed by atoms with Gasteiger partial charge in [0.15, 0.2) is 0 Å². The predicted molar refractivity (Wildman–Crippen MR) is 50.7 cm³/mol. The van der Waals surface area contributed by atoms with Crippen molar-refractivity contribution in [2.75, 3.05) is 13.2 Å². The third kappa shape index (κ3) is 1.33. The fourth-order valence-corrected chi connectivity index (χ4v) is 1.89. The first-order valence-corrected chi connectivity index (χ1v) is 4.74. The third-order valence-electron chi connectivity index (χ3n) is 2.73. The van der Waals surface area contributed by atoms with Crippen LogP contribution >= 0.6 is 0 Å². The molecule has 1 aromatic rings. The van der Waals surface area contributed by atoms with Crippen molar-refractivity contribution in [2.45, 2.75) is 18.2 Å². The maximum atomic E-state index is 13.6. The Morgan fingerprint density at radius 1 is 1.43 bits per heavy atom. The summed E-state index contributed by atoms with van der Waals surface area (Å²) in [6, 6.07) is 9.07. The molecule has 0 spiro atoms. The minimum atomic E-state index is -1.12. The van der Waals surface area contributed by atoms with Gasteiger partial charge in [0.05, 0.1) is 13.2 Å². The van der Waals surface area contributed by atoms with Crippen LogP contribution in [-0.4, -0.2) is 24.5 Å². The van der Waals surface area contributed by atoms with Gasteiger partial charge in [0.2, 0.25) is 0 Å². The Morgan fingerprint density at radius 3 is 2.64 bits per heavy atom. The van der Waals surface area contributed by atoms with E-state index in [4.69, 9.17) is 4.74 Å². The van der Waals surface area contributed by atoms with Crippen LogP contribution < -0.4 is 0 Å². The Labute approximate surface area is 82.3 Å². The summed E-state index contributed by atoms with van der Waals surface area (Å²) in [6.45, 7) is 0.0643. The summed E-state index contributed by atoms with van der Waals surface area (Å²) in [4.78, 5) is 0. The molecule has 0 aliphatic carbocycles. The lowest BCUT2D eigenvalue weighted by Gasteiger charge is -2.28. The maximum absolute atomic E-state index is 13.6. The van der Waals surface area contributed by atoms with E-state index >= 15 is 0 Å². The number of ether oxygens (including phenoxy) is 1. The summed E-state index contributed by atoms with van der Waals surface area (Å²) in [5.74, 6) is 0. The van der Waals surface area contributed by atoms with E-state index in [1.54, 1.807) is 12.1 Å². The summed E-state index contributed by atoms with van der Waals surface area (Å²) in [6.07, 6.45) is -0.759. The number of hydrogen-bond acceptors (Lipinski definition) is 2. The molecule has 1 aliphatic heterocycles. The second kappa shape index (κ2) is 3.67. The normalized spacial score (nSPS) is 32.0. The van der Waals surface area contributed by atoms with Gasteiger partial charge < -0.3 is 9.84 Å². The second-order valence-electron chi connectivity index (χ2n) is 3.52. The van der Waals surface area contributed by atoms with Gasteiger partial charge in [-0.15, -0.1) is 0 Å². The first kappa shape index (κ1) is 9.62. The van der Waals surface area contributed by atoms with E-state index in [1.807, 2.05) is 18.2 Å². The van der Waals surface area contributed by atoms with Crippen LogP contribution in [0.25, 0.3) is 0 Å². The highest BCUT2D eigenvalue weighted by Crippen LogP contribution is 2.37. The van der Waals surface area contributed by atoms with Crippen molar-refractivity contribution in [1.82, 2.24) is 0 Å². The molecular weight excluding hydrogens is 183 g/mol. The van der Waals surface area contributed by atoms with E-state index in [0.717, 1.165) is 0 Å². The van der Waals surface area contributed by atoms with Gasteiger partial charge in [0, 0.05) is 6.42 Å². The lowest BCUT2D eigenvalue weighted by atomic mass is 9.90. The van der Waals surface area contributed by atoms with Gasteiger partial charge in [0.1, 0.15) is 11.8 Å². The van der Waals surface area contributed by atoms with Crippen molar-refractivity contribution < 1.29 is 14.2 Å². The van der Waals surface area contributed by atoms with Crippen LogP contribution in [0.4, 0.5) is 4.39 Å². The first-order valence-electron chi connectivity index (χ1n) is 4.74. The number of rotatable bonds is 2. The standard InChI is InChI=1S/C11H13FO2/c12-10-6-7-14-11(10,8-13)9-4-2-1-3-5-9/h1-5,10,13H,6-8H2/t10-,11+/m1/s1. The van der Waals surface area contributed by atoms with Crippen LogP contribution in [0.3, 0.4) is 0 Å². The first-order chi connectivity index (χ1) is 6.79. The molecule has 0 radical (unpaired) electrons. The molecule has 2 nitrogen and oxygen atoms in total. The van der Waals surface area contributed by atoms with Gasteiger partial charge >= 0.3 is 0 Å². The Kier molecular flexibility index (Phi) is 2.52. The highest BCUT2D eigenvalue weighted by Gasteiger charge is 2.45. The fourth-order valence-electron chi connectivity index (χ4n) is 1.89. The molecule has 1 saturated heterocycles. The van der Waals surface area contributed by atoms with Crippen molar-refractivity contribution in [3.05, 3.63) is 35.9 Å². The van der Waals surface area contributed by atoms with Crippen molar-refractivity contribution >= 4 is 0 Å². The fraction of sp³-hybridized carbons (Fsp3) is 0.455. The monoisotopic (exact) mass is 196 g/mol. The molecule has 14 heavy (non-hydrogen) atoms. The van der Waals surface area contributed by atoms with Gasteiger partial charge in [-0.05, 0) is 5.56 Å². The molecule has 0 amide bonds. The number of aliphatic hydroxyl groups excluding tert-OH is 1. The highest BCUT2D eigenvalue weighted by molar-refractivity contribution is 5.25. The molecular formula is C11H13FO2. The van der Waals surface area contributed by atoms with Crippen LogP contribution in [0.1, 0.15) is 12.0 Å². The third-order valence-corrected chi connectivity index (χ3v) is 2.73. The molecule has 1 aliphatic rings. The Balaban J connectivity index is 2.38. The topological polar surface area (TPSA) is 29.5 Å². The predicted octanol–water partition coefficient (Wildman–Crippen LogP) is 1.63. The summed E-state index contributed by atoms with van der Waals surface area (Å²) in [7, 11) is 0. The van der Waals surface area contributed by atoms with Gasteiger partial charge in [-0.2, -0.15) is 0 Å². The second-order valence-corrected chi connectivity index (χ2v) is 3.52. The minimum Gasteiger partial charge on any atom is -0.393 e. The molecule has 2 atom stereocenters. The van der Waals surface area contributed by atoms with Crippen molar-refractivity contribution in [3.63, 3.8) is 0 Å². The van der Waals surface area contributed by atoms with Crippen LogP contribution in [0.15, 0.2) is 30.3 Å². The minimum absolute atomic E-state index is 0.307. The van der Waals surface area contributed by atoms with Gasteiger partial charge in [-0.1, -0.05) is 30.3 Å². The summed E-state index contributed by atoms with van der Waals surface area (Å²) in [5, 5.41) is 9.28. The summed E-state index contributed by atoms with van der Waals surface area (Å²) < 4.78 is 19.0. The quantitative estimate of drug-likeness (QED) is 0.779. The molecule has 2 rings (SSSR count). The molecule has 0 unspecified atom stereocenters. The average Bonchev–Trinajstić information content (AvgIpc) is 2.62. The number of hydrogen-bond donors (Lipinski definition) is 1.